The van der Waals surface area contributed by atoms with Gasteiger partial charge >= 0.3 is 0 Å². The quantitative estimate of drug-likeness (QED) is 0.945. The third-order valence-electron chi connectivity index (χ3n) is 2.57. The van der Waals surface area contributed by atoms with Crippen LogP contribution < -0.4 is 0 Å². The minimum atomic E-state index is 0.0946. The zero-order valence-corrected chi connectivity index (χ0v) is 11.7. The van der Waals surface area contributed by atoms with Gasteiger partial charge in [0, 0.05) is 24.1 Å². The van der Waals surface area contributed by atoms with E-state index in [4.69, 9.17) is 16.7 Å². The first kappa shape index (κ1) is 12.6. The Kier molecular flexibility index (Phi) is 3.86. The Hall–Kier alpha value is -0.840. The van der Waals surface area contributed by atoms with E-state index in [2.05, 4.69) is 20.9 Å². The average molecular weight is 316 g/mol. The minimum Gasteiger partial charge on any atom is -0.396 e. The molecule has 1 N–H and O–H groups in total. The molecule has 0 unspecified atom stereocenters. The molecule has 0 saturated heterocycles. The predicted octanol–water partition coefficient (Wildman–Crippen LogP) is 3.04. The highest BCUT2D eigenvalue weighted by Crippen LogP contribution is 2.29. The molecule has 1 aromatic carbocycles. The number of imidazole rings is 1. The predicted molar refractivity (Wildman–Crippen MR) is 72.1 cm³/mol. The van der Waals surface area contributed by atoms with Crippen LogP contribution in [0.5, 0.6) is 0 Å². The lowest BCUT2D eigenvalue weighted by atomic mass is 10.2. The number of halogens is 2. The molecule has 0 spiro atoms. The fraction of sp³-hybridized carbons (Fsp3) is 0.250. The number of aliphatic hydroxyl groups excluding tert-OH is 1. The Morgan fingerprint density at radius 1 is 1.35 bits per heavy atom. The van der Waals surface area contributed by atoms with Gasteiger partial charge in [0.05, 0.1) is 6.61 Å². The van der Waals surface area contributed by atoms with E-state index in [-0.39, 0.29) is 6.61 Å². The van der Waals surface area contributed by atoms with Gasteiger partial charge in [0.15, 0.2) is 0 Å². The standard InChI is InChI=1S/C12H12BrClN2O/c1-16-10(6-7-17)15-11(12(16)13)8-2-4-9(14)5-3-8/h2-5,17H,6-7H2,1H3. The maximum absolute atomic E-state index is 8.97. The summed E-state index contributed by atoms with van der Waals surface area (Å²) in [7, 11) is 1.92. The van der Waals surface area contributed by atoms with Crippen LogP contribution in [0.4, 0.5) is 0 Å². The molecule has 0 radical (unpaired) electrons. The van der Waals surface area contributed by atoms with Crippen LogP contribution in [0.15, 0.2) is 28.9 Å². The molecule has 0 saturated carbocycles. The van der Waals surface area contributed by atoms with Gasteiger partial charge in [-0.05, 0) is 28.1 Å². The molecule has 0 aliphatic rings. The van der Waals surface area contributed by atoms with Crippen molar-refractivity contribution < 1.29 is 5.11 Å². The minimum absolute atomic E-state index is 0.0946. The van der Waals surface area contributed by atoms with Crippen LogP contribution in [0.1, 0.15) is 5.82 Å². The van der Waals surface area contributed by atoms with Gasteiger partial charge in [0.25, 0.3) is 0 Å². The summed E-state index contributed by atoms with van der Waals surface area (Å²) >= 11 is 9.37. The van der Waals surface area contributed by atoms with Crippen molar-refractivity contribution in [1.29, 1.82) is 0 Å². The topological polar surface area (TPSA) is 38.0 Å². The second-order valence-electron chi connectivity index (χ2n) is 3.71. The van der Waals surface area contributed by atoms with E-state index in [0.717, 1.165) is 21.7 Å². The van der Waals surface area contributed by atoms with E-state index in [0.29, 0.717) is 11.4 Å². The normalized spacial score (nSPS) is 10.8. The second-order valence-corrected chi connectivity index (χ2v) is 4.89. The molecule has 90 valence electrons. The van der Waals surface area contributed by atoms with Crippen molar-refractivity contribution >= 4 is 27.5 Å². The Balaban J connectivity index is 2.45. The molecule has 2 aromatic rings. The lowest BCUT2D eigenvalue weighted by Gasteiger charge is -1.99. The van der Waals surface area contributed by atoms with Crippen molar-refractivity contribution in [2.24, 2.45) is 7.05 Å². The highest BCUT2D eigenvalue weighted by molar-refractivity contribution is 9.10. The molecular weight excluding hydrogens is 304 g/mol. The molecule has 0 fully saturated rings. The van der Waals surface area contributed by atoms with Crippen molar-refractivity contribution in [1.82, 2.24) is 9.55 Å². The maximum atomic E-state index is 8.97. The van der Waals surface area contributed by atoms with Crippen molar-refractivity contribution in [3.05, 3.63) is 39.7 Å². The first-order valence-corrected chi connectivity index (χ1v) is 6.38. The number of rotatable bonds is 3. The summed E-state index contributed by atoms with van der Waals surface area (Å²) in [5.74, 6) is 0.851. The Labute approximate surface area is 113 Å². The van der Waals surface area contributed by atoms with Gasteiger partial charge in [-0.15, -0.1) is 0 Å². The monoisotopic (exact) mass is 314 g/mol. The summed E-state index contributed by atoms with van der Waals surface area (Å²) in [6.45, 7) is 0.0946. The van der Waals surface area contributed by atoms with E-state index < -0.39 is 0 Å². The van der Waals surface area contributed by atoms with Gasteiger partial charge < -0.3 is 9.67 Å². The van der Waals surface area contributed by atoms with E-state index in [9.17, 15) is 0 Å². The number of hydrogen-bond donors (Lipinski definition) is 1. The summed E-state index contributed by atoms with van der Waals surface area (Å²) in [5.41, 5.74) is 1.87. The fourth-order valence-corrected chi connectivity index (χ4v) is 2.29. The Morgan fingerprint density at radius 3 is 2.59 bits per heavy atom. The van der Waals surface area contributed by atoms with E-state index in [1.54, 1.807) is 0 Å². The number of benzene rings is 1. The molecule has 17 heavy (non-hydrogen) atoms. The third-order valence-corrected chi connectivity index (χ3v) is 3.73. The van der Waals surface area contributed by atoms with Crippen LogP contribution in [0.2, 0.25) is 5.02 Å². The Bertz CT molecular complexity index is 522. The fourth-order valence-electron chi connectivity index (χ4n) is 1.64. The van der Waals surface area contributed by atoms with Gasteiger partial charge in [-0.2, -0.15) is 0 Å². The SMILES string of the molecule is Cn1c(CCO)nc(-c2ccc(Cl)cc2)c1Br. The second kappa shape index (κ2) is 5.21. The molecule has 0 aliphatic carbocycles. The van der Waals surface area contributed by atoms with Gasteiger partial charge in [0.2, 0.25) is 0 Å². The van der Waals surface area contributed by atoms with Gasteiger partial charge in [-0.3, -0.25) is 0 Å². The summed E-state index contributed by atoms with van der Waals surface area (Å²) in [6.07, 6.45) is 0.544. The summed E-state index contributed by atoms with van der Waals surface area (Å²) in [4.78, 5) is 4.51. The lowest BCUT2D eigenvalue weighted by molar-refractivity contribution is 0.295. The molecule has 3 nitrogen and oxygen atoms in total. The number of aromatic nitrogens is 2. The van der Waals surface area contributed by atoms with E-state index in [1.807, 2.05) is 35.9 Å². The van der Waals surface area contributed by atoms with E-state index >= 15 is 0 Å². The molecule has 0 amide bonds. The zero-order chi connectivity index (χ0) is 12.4. The highest BCUT2D eigenvalue weighted by Gasteiger charge is 2.13. The van der Waals surface area contributed by atoms with Crippen LogP contribution in [-0.2, 0) is 13.5 Å². The Morgan fingerprint density at radius 2 is 2.00 bits per heavy atom. The zero-order valence-electron chi connectivity index (χ0n) is 9.32. The van der Waals surface area contributed by atoms with Gasteiger partial charge in [0.1, 0.15) is 16.1 Å². The van der Waals surface area contributed by atoms with Gasteiger partial charge in [-0.1, -0.05) is 23.7 Å². The van der Waals surface area contributed by atoms with Crippen LogP contribution in [0, 0.1) is 0 Å². The highest BCUT2D eigenvalue weighted by atomic mass is 79.9. The molecule has 1 aromatic heterocycles. The number of nitrogens with zero attached hydrogens (tertiary/aromatic N) is 2. The molecular formula is C12H12BrClN2O. The largest absolute Gasteiger partial charge is 0.396 e. The summed E-state index contributed by atoms with van der Waals surface area (Å²) in [5, 5.41) is 9.67. The van der Waals surface area contributed by atoms with Crippen LogP contribution >= 0.6 is 27.5 Å². The number of aliphatic hydroxyl groups is 1. The van der Waals surface area contributed by atoms with Crippen molar-refractivity contribution in [3.63, 3.8) is 0 Å². The average Bonchev–Trinajstić information content (AvgIpc) is 2.59. The van der Waals surface area contributed by atoms with Crippen molar-refractivity contribution in [3.8, 4) is 11.3 Å². The van der Waals surface area contributed by atoms with Gasteiger partial charge in [-0.25, -0.2) is 4.98 Å². The van der Waals surface area contributed by atoms with Crippen LogP contribution in [0.3, 0.4) is 0 Å². The first-order valence-electron chi connectivity index (χ1n) is 5.21. The molecule has 5 heteroatoms. The van der Waals surface area contributed by atoms with Crippen LogP contribution in [-0.4, -0.2) is 21.3 Å². The van der Waals surface area contributed by atoms with Crippen molar-refractivity contribution in [2.45, 2.75) is 6.42 Å². The third kappa shape index (κ3) is 2.54. The first-order chi connectivity index (χ1) is 8.13. The van der Waals surface area contributed by atoms with E-state index in [1.165, 1.54) is 0 Å². The lowest BCUT2D eigenvalue weighted by Crippen LogP contribution is -2.00. The molecule has 2 rings (SSSR count). The van der Waals surface area contributed by atoms with Crippen LogP contribution in [0.25, 0.3) is 11.3 Å². The number of hydrogen-bond acceptors (Lipinski definition) is 2. The summed E-state index contributed by atoms with van der Waals surface area (Å²) < 4.78 is 2.84. The summed E-state index contributed by atoms with van der Waals surface area (Å²) in [6, 6.07) is 7.53. The molecule has 1 heterocycles. The van der Waals surface area contributed by atoms with Crippen molar-refractivity contribution in [2.75, 3.05) is 6.61 Å². The smallest absolute Gasteiger partial charge is 0.112 e. The molecule has 0 atom stereocenters. The molecule has 0 aliphatic heterocycles. The maximum Gasteiger partial charge on any atom is 0.112 e. The molecule has 0 bridgehead atoms.